The molecule has 1 aromatic carbocycles. The van der Waals surface area contributed by atoms with Crippen LogP contribution >= 0.6 is 11.8 Å². The summed E-state index contributed by atoms with van der Waals surface area (Å²) in [6, 6.07) is 9.21. The standard InChI is InChI=1S/C15H19NOS/c1-10-13-5-3-4-6-14(13)17-15(10)11(2)16-12-7-8-18-9-12/h3-6,11-12,16H,7-9H2,1-2H3. The van der Waals surface area contributed by atoms with E-state index in [2.05, 4.69) is 31.3 Å². The molecular formula is C15H19NOS. The van der Waals surface area contributed by atoms with Crippen molar-refractivity contribution < 1.29 is 4.42 Å². The van der Waals surface area contributed by atoms with Gasteiger partial charge in [-0.15, -0.1) is 0 Å². The van der Waals surface area contributed by atoms with Crippen LogP contribution in [-0.2, 0) is 0 Å². The first-order chi connectivity index (χ1) is 8.75. The molecule has 1 fully saturated rings. The van der Waals surface area contributed by atoms with Gasteiger partial charge in [-0.1, -0.05) is 18.2 Å². The Morgan fingerprint density at radius 1 is 1.39 bits per heavy atom. The van der Waals surface area contributed by atoms with E-state index in [0.717, 1.165) is 11.3 Å². The van der Waals surface area contributed by atoms with Crippen LogP contribution in [0.1, 0.15) is 30.7 Å². The van der Waals surface area contributed by atoms with Crippen molar-refractivity contribution in [1.82, 2.24) is 5.32 Å². The second-order valence-electron chi connectivity index (χ2n) is 5.04. The van der Waals surface area contributed by atoms with Gasteiger partial charge in [0.2, 0.25) is 0 Å². The Bertz CT molecular complexity index is 542. The quantitative estimate of drug-likeness (QED) is 0.907. The predicted octanol–water partition coefficient (Wildman–Crippen LogP) is 3.90. The second-order valence-corrected chi connectivity index (χ2v) is 6.19. The molecule has 0 spiro atoms. The van der Waals surface area contributed by atoms with Gasteiger partial charge in [0.05, 0.1) is 6.04 Å². The van der Waals surface area contributed by atoms with Gasteiger partial charge in [0.15, 0.2) is 0 Å². The lowest BCUT2D eigenvalue weighted by Gasteiger charge is -2.17. The summed E-state index contributed by atoms with van der Waals surface area (Å²) in [4.78, 5) is 0. The van der Waals surface area contributed by atoms with Crippen LogP contribution in [0, 0.1) is 6.92 Å². The van der Waals surface area contributed by atoms with E-state index < -0.39 is 0 Å². The van der Waals surface area contributed by atoms with E-state index in [1.807, 2.05) is 23.9 Å². The van der Waals surface area contributed by atoms with Crippen LogP contribution < -0.4 is 5.32 Å². The first-order valence-electron chi connectivity index (χ1n) is 6.57. The topological polar surface area (TPSA) is 25.2 Å². The normalized spacial score (nSPS) is 21.6. The lowest BCUT2D eigenvalue weighted by atomic mass is 10.1. The Morgan fingerprint density at radius 3 is 2.94 bits per heavy atom. The first-order valence-corrected chi connectivity index (χ1v) is 7.73. The summed E-state index contributed by atoms with van der Waals surface area (Å²) in [6.45, 7) is 4.36. The lowest BCUT2D eigenvalue weighted by molar-refractivity contribution is 0.412. The van der Waals surface area contributed by atoms with Gasteiger partial charge in [0.1, 0.15) is 11.3 Å². The van der Waals surface area contributed by atoms with Crippen LogP contribution in [0.2, 0.25) is 0 Å². The number of rotatable bonds is 3. The molecule has 2 atom stereocenters. The van der Waals surface area contributed by atoms with Crippen LogP contribution in [0.25, 0.3) is 11.0 Å². The average molecular weight is 261 g/mol. The van der Waals surface area contributed by atoms with Crippen LogP contribution in [0.5, 0.6) is 0 Å². The van der Waals surface area contributed by atoms with E-state index in [1.165, 1.54) is 28.9 Å². The molecule has 0 bridgehead atoms. The van der Waals surface area contributed by atoms with E-state index in [1.54, 1.807) is 0 Å². The van der Waals surface area contributed by atoms with Crippen molar-refractivity contribution in [2.45, 2.75) is 32.4 Å². The lowest BCUT2D eigenvalue weighted by Crippen LogP contribution is -2.31. The van der Waals surface area contributed by atoms with Crippen molar-refractivity contribution in [2.24, 2.45) is 0 Å². The number of furan rings is 1. The Kier molecular flexibility index (Phi) is 3.35. The minimum absolute atomic E-state index is 0.293. The number of thioether (sulfide) groups is 1. The van der Waals surface area contributed by atoms with Crippen molar-refractivity contribution in [1.29, 1.82) is 0 Å². The van der Waals surface area contributed by atoms with E-state index in [9.17, 15) is 0 Å². The highest BCUT2D eigenvalue weighted by Gasteiger charge is 2.21. The molecule has 0 saturated carbocycles. The third kappa shape index (κ3) is 2.17. The van der Waals surface area contributed by atoms with Gasteiger partial charge in [0, 0.05) is 17.2 Å². The molecule has 2 nitrogen and oxygen atoms in total. The highest BCUT2D eigenvalue weighted by molar-refractivity contribution is 7.99. The zero-order valence-corrected chi connectivity index (χ0v) is 11.7. The fourth-order valence-electron chi connectivity index (χ4n) is 2.70. The number of hydrogen-bond donors (Lipinski definition) is 1. The van der Waals surface area contributed by atoms with Gasteiger partial charge in [-0.25, -0.2) is 0 Å². The number of fused-ring (bicyclic) bond motifs is 1. The Labute approximate surface area is 112 Å². The number of benzene rings is 1. The zero-order chi connectivity index (χ0) is 12.5. The van der Waals surface area contributed by atoms with Gasteiger partial charge < -0.3 is 9.73 Å². The van der Waals surface area contributed by atoms with E-state index in [0.29, 0.717) is 12.1 Å². The number of aryl methyl sites for hydroxylation is 1. The molecule has 1 aliphatic heterocycles. The molecule has 96 valence electrons. The number of nitrogens with one attached hydrogen (secondary N) is 1. The van der Waals surface area contributed by atoms with Crippen molar-refractivity contribution in [3.05, 3.63) is 35.6 Å². The van der Waals surface area contributed by atoms with Gasteiger partial charge in [0.25, 0.3) is 0 Å². The van der Waals surface area contributed by atoms with Crippen molar-refractivity contribution in [3.8, 4) is 0 Å². The second kappa shape index (κ2) is 4.98. The minimum atomic E-state index is 0.293. The largest absolute Gasteiger partial charge is 0.459 e. The molecule has 1 aliphatic rings. The van der Waals surface area contributed by atoms with Crippen molar-refractivity contribution in [3.63, 3.8) is 0 Å². The van der Waals surface area contributed by atoms with Crippen LogP contribution in [0.15, 0.2) is 28.7 Å². The molecule has 3 heteroatoms. The summed E-state index contributed by atoms with van der Waals surface area (Å²) in [5, 5.41) is 4.92. The summed E-state index contributed by atoms with van der Waals surface area (Å²) in [7, 11) is 0. The molecule has 0 radical (unpaired) electrons. The SMILES string of the molecule is Cc1c(C(C)NC2CCSC2)oc2ccccc12. The Balaban J connectivity index is 1.86. The maximum absolute atomic E-state index is 6.00. The summed E-state index contributed by atoms with van der Waals surface area (Å²) in [5.41, 5.74) is 2.27. The zero-order valence-electron chi connectivity index (χ0n) is 10.9. The molecule has 1 saturated heterocycles. The maximum atomic E-state index is 6.00. The first kappa shape index (κ1) is 12.1. The van der Waals surface area contributed by atoms with Gasteiger partial charge in [-0.2, -0.15) is 11.8 Å². The molecule has 3 rings (SSSR count). The summed E-state index contributed by atoms with van der Waals surface area (Å²) in [5.74, 6) is 3.60. The van der Waals surface area contributed by atoms with Gasteiger partial charge in [-0.05, 0) is 37.7 Å². The summed E-state index contributed by atoms with van der Waals surface area (Å²) >= 11 is 2.04. The fraction of sp³-hybridized carbons (Fsp3) is 0.467. The van der Waals surface area contributed by atoms with E-state index in [-0.39, 0.29) is 0 Å². The molecule has 0 amide bonds. The van der Waals surface area contributed by atoms with Gasteiger partial charge in [-0.3, -0.25) is 0 Å². The van der Waals surface area contributed by atoms with Gasteiger partial charge >= 0.3 is 0 Å². The Hall–Kier alpha value is -0.930. The third-order valence-electron chi connectivity index (χ3n) is 3.69. The molecule has 2 heterocycles. The van der Waals surface area contributed by atoms with Crippen molar-refractivity contribution in [2.75, 3.05) is 11.5 Å². The summed E-state index contributed by atoms with van der Waals surface area (Å²) in [6.07, 6.45) is 1.27. The molecule has 1 N–H and O–H groups in total. The van der Waals surface area contributed by atoms with Crippen LogP contribution in [0.4, 0.5) is 0 Å². The van der Waals surface area contributed by atoms with Crippen LogP contribution in [-0.4, -0.2) is 17.5 Å². The molecule has 2 aromatic rings. The maximum Gasteiger partial charge on any atom is 0.134 e. The molecular weight excluding hydrogens is 242 g/mol. The molecule has 1 aromatic heterocycles. The third-order valence-corrected chi connectivity index (χ3v) is 4.85. The fourth-order valence-corrected chi connectivity index (χ4v) is 3.87. The minimum Gasteiger partial charge on any atom is -0.459 e. The molecule has 18 heavy (non-hydrogen) atoms. The molecule has 0 aliphatic carbocycles. The van der Waals surface area contributed by atoms with E-state index in [4.69, 9.17) is 4.42 Å². The predicted molar refractivity (Wildman–Crippen MR) is 78.2 cm³/mol. The smallest absolute Gasteiger partial charge is 0.134 e. The number of hydrogen-bond acceptors (Lipinski definition) is 3. The van der Waals surface area contributed by atoms with Crippen LogP contribution in [0.3, 0.4) is 0 Å². The highest BCUT2D eigenvalue weighted by Crippen LogP contribution is 2.30. The highest BCUT2D eigenvalue weighted by atomic mass is 32.2. The molecule has 2 unspecified atom stereocenters. The average Bonchev–Trinajstić information content (AvgIpc) is 2.98. The monoisotopic (exact) mass is 261 g/mol. The Morgan fingerprint density at radius 2 is 2.22 bits per heavy atom. The van der Waals surface area contributed by atoms with E-state index >= 15 is 0 Å². The summed E-state index contributed by atoms with van der Waals surface area (Å²) < 4.78 is 6.00. The number of para-hydroxylation sites is 1. The van der Waals surface area contributed by atoms with Crippen molar-refractivity contribution >= 4 is 22.7 Å².